The Morgan fingerprint density at radius 2 is 1.74 bits per heavy atom. The molecule has 210 valence electrons. The lowest BCUT2D eigenvalue weighted by Gasteiger charge is -2.24. The molecule has 8 heteroatoms. The number of carbonyl (C=O) groups is 1. The fourth-order valence-electron chi connectivity index (χ4n) is 5.20. The summed E-state index contributed by atoms with van der Waals surface area (Å²) in [6.07, 6.45) is 1.79. The summed E-state index contributed by atoms with van der Waals surface area (Å²) in [4.78, 5) is 32.0. The molecular formula is C34H27FN2O4S. The van der Waals surface area contributed by atoms with Gasteiger partial charge in [-0.15, -0.1) is 0 Å². The van der Waals surface area contributed by atoms with Crippen molar-refractivity contribution in [3.05, 3.63) is 144 Å². The molecule has 1 aliphatic heterocycles. The Bertz CT molecular complexity index is 2020. The summed E-state index contributed by atoms with van der Waals surface area (Å²) in [6.45, 7) is 3.97. The molecule has 0 spiro atoms. The van der Waals surface area contributed by atoms with Gasteiger partial charge in [-0.25, -0.2) is 14.2 Å². The van der Waals surface area contributed by atoms with Crippen LogP contribution in [0.5, 0.6) is 5.75 Å². The number of aromatic nitrogens is 1. The zero-order chi connectivity index (χ0) is 29.2. The Kier molecular flexibility index (Phi) is 7.54. The van der Waals surface area contributed by atoms with Crippen molar-refractivity contribution in [3.63, 3.8) is 0 Å². The van der Waals surface area contributed by atoms with E-state index < -0.39 is 17.8 Å². The van der Waals surface area contributed by atoms with Gasteiger partial charge in [0.1, 0.15) is 18.2 Å². The van der Waals surface area contributed by atoms with E-state index in [1.54, 1.807) is 32.1 Å². The Hall–Kier alpha value is -4.82. The molecule has 0 bridgehead atoms. The van der Waals surface area contributed by atoms with Gasteiger partial charge in [0.15, 0.2) is 4.80 Å². The SMILES string of the molecule is CCOC(=O)C1=C(C)N=c2s/c(=C/c3ccccc3OCc3cccc4ccccc34)c(=O)n2[C@@H]1c1ccc(F)cc1. The van der Waals surface area contributed by atoms with Gasteiger partial charge in [-0.2, -0.15) is 0 Å². The van der Waals surface area contributed by atoms with E-state index in [1.165, 1.54) is 28.0 Å². The van der Waals surface area contributed by atoms with E-state index in [0.717, 1.165) is 21.9 Å². The summed E-state index contributed by atoms with van der Waals surface area (Å²) in [7, 11) is 0. The normalized spacial score (nSPS) is 14.9. The predicted octanol–water partition coefficient (Wildman–Crippen LogP) is 5.67. The third-order valence-electron chi connectivity index (χ3n) is 7.17. The molecule has 0 saturated heterocycles. The van der Waals surface area contributed by atoms with Crippen LogP contribution in [0.1, 0.15) is 36.6 Å². The number of hydrogen-bond donors (Lipinski definition) is 0. The van der Waals surface area contributed by atoms with Crippen LogP contribution in [0.4, 0.5) is 4.39 Å². The maximum Gasteiger partial charge on any atom is 0.338 e. The van der Waals surface area contributed by atoms with Crippen LogP contribution in [0, 0.1) is 5.82 Å². The molecule has 0 N–H and O–H groups in total. The molecule has 1 aliphatic rings. The minimum atomic E-state index is -0.805. The van der Waals surface area contributed by atoms with E-state index >= 15 is 0 Å². The topological polar surface area (TPSA) is 69.9 Å². The van der Waals surface area contributed by atoms with Crippen LogP contribution < -0.4 is 19.6 Å². The van der Waals surface area contributed by atoms with Crippen molar-refractivity contribution >= 4 is 34.2 Å². The average molecular weight is 579 g/mol. The minimum Gasteiger partial charge on any atom is -0.488 e. The quantitative estimate of drug-likeness (QED) is 0.234. The van der Waals surface area contributed by atoms with Crippen molar-refractivity contribution in [2.45, 2.75) is 26.5 Å². The number of ether oxygens (including phenoxy) is 2. The van der Waals surface area contributed by atoms with Gasteiger partial charge in [-0.1, -0.05) is 84.1 Å². The second-order valence-corrected chi connectivity index (χ2v) is 10.8. The zero-order valence-corrected chi connectivity index (χ0v) is 23.9. The van der Waals surface area contributed by atoms with Crippen molar-refractivity contribution in [2.24, 2.45) is 4.99 Å². The third kappa shape index (κ3) is 5.17. The fraction of sp³-hybridized carbons (Fsp3) is 0.147. The Labute approximate surface area is 245 Å². The highest BCUT2D eigenvalue weighted by molar-refractivity contribution is 7.07. The van der Waals surface area contributed by atoms with Gasteiger partial charge in [-0.3, -0.25) is 9.36 Å². The van der Waals surface area contributed by atoms with Crippen molar-refractivity contribution in [1.82, 2.24) is 4.57 Å². The molecule has 0 saturated carbocycles. The van der Waals surface area contributed by atoms with Crippen LogP contribution in [0.25, 0.3) is 16.8 Å². The van der Waals surface area contributed by atoms with Crippen LogP contribution in [-0.2, 0) is 16.1 Å². The molecule has 2 heterocycles. The molecule has 0 aliphatic carbocycles. The zero-order valence-electron chi connectivity index (χ0n) is 23.0. The summed E-state index contributed by atoms with van der Waals surface area (Å²) in [5.74, 6) is -0.339. The number of allylic oxidation sites excluding steroid dienone is 1. The summed E-state index contributed by atoms with van der Waals surface area (Å²) in [6, 6.07) is 26.8. The Morgan fingerprint density at radius 3 is 2.55 bits per heavy atom. The number of carbonyl (C=O) groups excluding carboxylic acids is 1. The monoisotopic (exact) mass is 578 g/mol. The Morgan fingerprint density at radius 1 is 1.00 bits per heavy atom. The molecule has 0 radical (unpaired) electrons. The van der Waals surface area contributed by atoms with Crippen molar-refractivity contribution in [3.8, 4) is 5.75 Å². The lowest BCUT2D eigenvalue weighted by molar-refractivity contribution is -0.139. The van der Waals surface area contributed by atoms with E-state index in [9.17, 15) is 14.0 Å². The number of halogens is 1. The second kappa shape index (κ2) is 11.6. The standard InChI is InChI=1S/C34H27FN2O4S/c1-3-40-33(39)30-21(2)36-34-37(31(30)23-15-17-26(35)18-16-23)32(38)29(42-34)19-24-10-5-7-14-28(24)41-20-25-12-8-11-22-9-4-6-13-27(22)25/h4-19,31H,3,20H2,1-2H3/b29-19+/t31-/m1/s1. The van der Waals surface area contributed by atoms with Gasteiger partial charge in [0, 0.05) is 5.56 Å². The predicted molar refractivity (Wildman–Crippen MR) is 162 cm³/mol. The van der Waals surface area contributed by atoms with Crippen molar-refractivity contribution in [1.29, 1.82) is 0 Å². The number of benzene rings is 4. The number of thiazole rings is 1. The number of nitrogens with zero attached hydrogens (tertiary/aromatic N) is 2. The second-order valence-electron chi connectivity index (χ2n) is 9.82. The number of fused-ring (bicyclic) bond motifs is 2. The van der Waals surface area contributed by atoms with Crippen LogP contribution in [0.3, 0.4) is 0 Å². The van der Waals surface area contributed by atoms with Crippen LogP contribution in [0.15, 0.2) is 112 Å². The smallest absolute Gasteiger partial charge is 0.338 e. The van der Waals surface area contributed by atoms with Crippen LogP contribution in [-0.4, -0.2) is 17.1 Å². The van der Waals surface area contributed by atoms with Gasteiger partial charge >= 0.3 is 5.97 Å². The number of rotatable bonds is 7. The molecule has 0 unspecified atom stereocenters. The first kappa shape index (κ1) is 27.4. The third-order valence-corrected chi connectivity index (χ3v) is 8.15. The molecule has 1 aromatic heterocycles. The van der Waals surface area contributed by atoms with E-state index in [0.29, 0.717) is 33.0 Å². The van der Waals surface area contributed by atoms with Gasteiger partial charge in [-0.05, 0) is 60.0 Å². The highest BCUT2D eigenvalue weighted by Gasteiger charge is 2.33. The summed E-state index contributed by atoms with van der Waals surface area (Å²) in [5, 5.41) is 2.26. The van der Waals surface area contributed by atoms with Gasteiger partial charge < -0.3 is 9.47 Å². The molecule has 6 rings (SSSR count). The highest BCUT2D eigenvalue weighted by atomic mass is 32.1. The molecule has 4 aromatic carbocycles. The van der Waals surface area contributed by atoms with Crippen LogP contribution in [0.2, 0.25) is 0 Å². The maximum absolute atomic E-state index is 13.9. The minimum absolute atomic E-state index is 0.172. The molecule has 6 nitrogen and oxygen atoms in total. The average Bonchev–Trinajstić information content (AvgIpc) is 3.30. The first-order valence-corrected chi connectivity index (χ1v) is 14.4. The highest BCUT2D eigenvalue weighted by Crippen LogP contribution is 2.31. The van der Waals surface area contributed by atoms with Gasteiger partial charge in [0.25, 0.3) is 5.56 Å². The van der Waals surface area contributed by atoms with Gasteiger partial charge in [0.2, 0.25) is 0 Å². The molecule has 0 fully saturated rings. The fourth-order valence-corrected chi connectivity index (χ4v) is 6.24. The summed E-state index contributed by atoms with van der Waals surface area (Å²) < 4.78 is 27.3. The molecule has 5 aromatic rings. The first-order chi connectivity index (χ1) is 20.4. The largest absolute Gasteiger partial charge is 0.488 e. The molecule has 0 amide bonds. The molecular weight excluding hydrogens is 551 g/mol. The van der Waals surface area contributed by atoms with Crippen molar-refractivity contribution < 1.29 is 18.7 Å². The van der Waals surface area contributed by atoms with E-state index in [-0.39, 0.29) is 17.7 Å². The lowest BCUT2D eigenvalue weighted by Crippen LogP contribution is -2.39. The molecule has 42 heavy (non-hydrogen) atoms. The lowest BCUT2D eigenvalue weighted by atomic mass is 9.96. The first-order valence-electron chi connectivity index (χ1n) is 13.6. The van der Waals surface area contributed by atoms with Crippen molar-refractivity contribution in [2.75, 3.05) is 6.61 Å². The molecule has 1 atom stereocenters. The summed E-state index contributed by atoms with van der Waals surface area (Å²) in [5.41, 5.74) is 2.77. The van der Waals surface area contributed by atoms with E-state index in [4.69, 9.17) is 9.47 Å². The summed E-state index contributed by atoms with van der Waals surface area (Å²) >= 11 is 1.23. The number of para-hydroxylation sites is 1. The van der Waals surface area contributed by atoms with Crippen LogP contribution >= 0.6 is 11.3 Å². The number of esters is 1. The van der Waals surface area contributed by atoms with E-state index in [2.05, 4.69) is 23.2 Å². The number of hydrogen-bond acceptors (Lipinski definition) is 6. The van der Waals surface area contributed by atoms with Gasteiger partial charge in [0.05, 0.1) is 28.5 Å². The van der Waals surface area contributed by atoms with E-state index in [1.807, 2.05) is 48.5 Å². The maximum atomic E-state index is 13.9. The Balaban J connectivity index is 1.42.